The second-order valence-electron chi connectivity index (χ2n) is 6.33. The van der Waals surface area contributed by atoms with E-state index in [0.29, 0.717) is 28.8 Å². The minimum atomic E-state index is -0.890. The SMILES string of the molecule is COc1cccc(NC(=O)C(=O)N/N=C/c2ccc(OCc3ccccc3Cl)cc2)c1. The lowest BCUT2D eigenvalue weighted by atomic mass is 10.2. The van der Waals surface area contributed by atoms with Crippen LogP contribution in [0.1, 0.15) is 11.1 Å². The summed E-state index contributed by atoms with van der Waals surface area (Å²) < 4.78 is 10.8. The van der Waals surface area contributed by atoms with Crippen LogP contribution in [0.3, 0.4) is 0 Å². The number of hydrazone groups is 1. The Morgan fingerprint density at radius 3 is 2.48 bits per heavy atom. The predicted octanol–water partition coefficient (Wildman–Crippen LogP) is 4.02. The topological polar surface area (TPSA) is 89.0 Å². The molecule has 0 aliphatic heterocycles. The molecule has 2 N–H and O–H groups in total. The molecule has 3 rings (SSSR count). The van der Waals surface area contributed by atoms with Gasteiger partial charge >= 0.3 is 11.8 Å². The van der Waals surface area contributed by atoms with Crippen LogP contribution >= 0.6 is 11.6 Å². The van der Waals surface area contributed by atoms with E-state index in [4.69, 9.17) is 21.1 Å². The second kappa shape index (κ2) is 10.8. The first-order chi connectivity index (χ1) is 15.0. The third kappa shape index (κ3) is 6.58. The monoisotopic (exact) mass is 437 g/mol. The van der Waals surface area contributed by atoms with Crippen molar-refractivity contribution in [3.63, 3.8) is 0 Å². The van der Waals surface area contributed by atoms with E-state index in [1.807, 2.05) is 24.3 Å². The van der Waals surface area contributed by atoms with Gasteiger partial charge < -0.3 is 14.8 Å². The molecule has 3 aromatic carbocycles. The lowest BCUT2D eigenvalue weighted by Gasteiger charge is -2.07. The maximum atomic E-state index is 11.9. The van der Waals surface area contributed by atoms with E-state index in [-0.39, 0.29) is 0 Å². The number of hydrogen-bond donors (Lipinski definition) is 2. The van der Waals surface area contributed by atoms with Gasteiger partial charge in [0.1, 0.15) is 18.1 Å². The van der Waals surface area contributed by atoms with Gasteiger partial charge in [-0.1, -0.05) is 35.9 Å². The highest BCUT2D eigenvalue weighted by Gasteiger charge is 2.13. The zero-order valence-electron chi connectivity index (χ0n) is 16.7. The van der Waals surface area contributed by atoms with Crippen molar-refractivity contribution in [1.29, 1.82) is 0 Å². The molecule has 3 aromatic rings. The average molecular weight is 438 g/mol. The van der Waals surface area contributed by atoms with Crippen molar-refractivity contribution in [1.82, 2.24) is 5.43 Å². The van der Waals surface area contributed by atoms with Crippen LogP contribution in [0.5, 0.6) is 11.5 Å². The molecular formula is C23H20ClN3O4. The van der Waals surface area contributed by atoms with E-state index in [9.17, 15) is 9.59 Å². The third-order valence-corrected chi connectivity index (χ3v) is 4.51. The molecular weight excluding hydrogens is 418 g/mol. The Kier molecular flexibility index (Phi) is 7.61. The molecule has 0 aliphatic carbocycles. The smallest absolute Gasteiger partial charge is 0.329 e. The number of hydrogen-bond acceptors (Lipinski definition) is 5. The summed E-state index contributed by atoms with van der Waals surface area (Å²) in [5, 5.41) is 6.93. The summed E-state index contributed by atoms with van der Waals surface area (Å²) in [5.74, 6) is -0.498. The molecule has 158 valence electrons. The number of rotatable bonds is 7. The van der Waals surface area contributed by atoms with Crippen molar-refractivity contribution < 1.29 is 19.1 Å². The molecule has 7 nitrogen and oxygen atoms in total. The Hall–Kier alpha value is -3.84. The van der Waals surface area contributed by atoms with E-state index >= 15 is 0 Å². The number of amides is 2. The summed E-state index contributed by atoms with van der Waals surface area (Å²) in [4.78, 5) is 23.8. The van der Waals surface area contributed by atoms with Crippen molar-refractivity contribution in [3.05, 3.63) is 88.9 Å². The normalized spacial score (nSPS) is 10.5. The summed E-state index contributed by atoms with van der Waals surface area (Å²) in [7, 11) is 1.51. The number of carbonyl (C=O) groups is 2. The van der Waals surface area contributed by atoms with Crippen molar-refractivity contribution in [2.24, 2.45) is 5.10 Å². The van der Waals surface area contributed by atoms with Crippen LogP contribution < -0.4 is 20.2 Å². The van der Waals surface area contributed by atoms with Crippen LogP contribution in [0.4, 0.5) is 5.69 Å². The molecule has 0 spiro atoms. The number of benzene rings is 3. The number of carbonyl (C=O) groups excluding carboxylic acids is 2. The predicted molar refractivity (Wildman–Crippen MR) is 120 cm³/mol. The maximum Gasteiger partial charge on any atom is 0.329 e. The molecule has 0 unspecified atom stereocenters. The van der Waals surface area contributed by atoms with E-state index in [1.54, 1.807) is 48.5 Å². The van der Waals surface area contributed by atoms with Gasteiger partial charge in [0.05, 0.1) is 13.3 Å². The van der Waals surface area contributed by atoms with E-state index in [2.05, 4.69) is 15.8 Å². The van der Waals surface area contributed by atoms with Crippen molar-refractivity contribution in [3.8, 4) is 11.5 Å². The standard InChI is InChI=1S/C23H20ClN3O4/c1-30-20-7-4-6-18(13-20)26-22(28)23(29)27-25-14-16-9-11-19(12-10-16)31-15-17-5-2-3-8-21(17)24/h2-14H,15H2,1H3,(H,26,28)(H,27,29)/b25-14+. The van der Waals surface area contributed by atoms with Crippen molar-refractivity contribution in [2.45, 2.75) is 6.61 Å². The van der Waals surface area contributed by atoms with Crippen LogP contribution in [0.2, 0.25) is 5.02 Å². The molecule has 0 heterocycles. The summed E-state index contributed by atoms with van der Waals surface area (Å²) in [6.45, 7) is 0.353. The molecule has 8 heteroatoms. The number of methoxy groups -OCH3 is 1. The van der Waals surface area contributed by atoms with Crippen LogP contribution in [0, 0.1) is 0 Å². The van der Waals surface area contributed by atoms with E-state index < -0.39 is 11.8 Å². The number of halogens is 1. The highest BCUT2D eigenvalue weighted by molar-refractivity contribution is 6.39. The fraction of sp³-hybridized carbons (Fsp3) is 0.0870. The zero-order valence-corrected chi connectivity index (χ0v) is 17.4. The Morgan fingerprint density at radius 2 is 1.74 bits per heavy atom. The Bertz CT molecular complexity index is 1080. The number of nitrogens with zero attached hydrogens (tertiary/aromatic N) is 1. The summed E-state index contributed by atoms with van der Waals surface area (Å²) in [6.07, 6.45) is 1.43. The molecule has 0 aliphatic rings. The first-order valence-corrected chi connectivity index (χ1v) is 9.67. The van der Waals surface area contributed by atoms with Crippen LogP contribution in [0.15, 0.2) is 77.9 Å². The zero-order chi connectivity index (χ0) is 22.1. The van der Waals surface area contributed by atoms with Gasteiger partial charge in [-0.15, -0.1) is 0 Å². The number of nitrogens with one attached hydrogen (secondary N) is 2. The highest BCUT2D eigenvalue weighted by Crippen LogP contribution is 2.19. The Labute approximate surface area is 184 Å². The summed E-state index contributed by atoms with van der Waals surface area (Å²) in [5.41, 5.74) is 4.24. The summed E-state index contributed by atoms with van der Waals surface area (Å²) >= 11 is 6.11. The van der Waals surface area contributed by atoms with Crippen molar-refractivity contribution in [2.75, 3.05) is 12.4 Å². The summed E-state index contributed by atoms with van der Waals surface area (Å²) in [6, 6.07) is 21.2. The number of ether oxygens (including phenoxy) is 2. The lowest BCUT2D eigenvalue weighted by molar-refractivity contribution is -0.136. The quantitative estimate of drug-likeness (QED) is 0.332. The van der Waals surface area contributed by atoms with Gasteiger partial charge in [0.15, 0.2) is 0 Å². The van der Waals surface area contributed by atoms with E-state index in [1.165, 1.54) is 13.3 Å². The first-order valence-electron chi connectivity index (χ1n) is 9.30. The van der Waals surface area contributed by atoms with Gasteiger partial charge in [-0.3, -0.25) is 9.59 Å². The average Bonchev–Trinajstić information content (AvgIpc) is 2.79. The largest absolute Gasteiger partial charge is 0.497 e. The molecule has 0 fully saturated rings. The van der Waals surface area contributed by atoms with Crippen LogP contribution in [-0.2, 0) is 16.2 Å². The Morgan fingerprint density at radius 1 is 0.968 bits per heavy atom. The van der Waals surface area contributed by atoms with E-state index in [0.717, 1.165) is 11.1 Å². The molecule has 31 heavy (non-hydrogen) atoms. The minimum absolute atomic E-state index is 0.353. The van der Waals surface area contributed by atoms with Gasteiger partial charge in [-0.2, -0.15) is 5.10 Å². The van der Waals surface area contributed by atoms with Gasteiger partial charge in [0.2, 0.25) is 0 Å². The fourth-order valence-electron chi connectivity index (χ4n) is 2.53. The fourth-order valence-corrected chi connectivity index (χ4v) is 2.72. The second-order valence-corrected chi connectivity index (χ2v) is 6.74. The molecule has 0 radical (unpaired) electrons. The highest BCUT2D eigenvalue weighted by atomic mass is 35.5. The molecule has 0 bridgehead atoms. The molecule has 0 saturated carbocycles. The molecule has 0 aromatic heterocycles. The first kappa shape index (κ1) is 21.9. The van der Waals surface area contributed by atoms with Gasteiger partial charge in [-0.05, 0) is 48.0 Å². The van der Waals surface area contributed by atoms with Gasteiger partial charge in [-0.25, -0.2) is 5.43 Å². The van der Waals surface area contributed by atoms with Crippen molar-refractivity contribution >= 4 is 35.3 Å². The minimum Gasteiger partial charge on any atom is -0.497 e. The third-order valence-electron chi connectivity index (χ3n) is 4.15. The van der Waals surface area contributed by atoms with Crippen LogP contribution in [0.25, 0.3) is 0 Å². The molecule has 0 saturated heterocycles. The maximum absolute atomic E-state index is 11.9. The number of anilines is 1. The lowest BCUT2D eigenvalue weighted by Crippen LogP contribution is -2.32. The van der Waals surface area contributed by atoms with Gasteiger partial charge in [0.25, 0.3) is 0 Å². The van der Waals surface area contributed by atoms with Gasteiger partial charge in [0, 0.05) is 22.3 Å². The Balaban J connectivity index is 1.48. The molecule has 0 atom stereocenters. The molecule has 2 amide bonds. The van der Waals surface area contributed by atoms with Crippen LogP contribution in [-0.4, -0.2) is 25.1 Å².